The van der Waals surface area contributed by atoms with Crippen LogP contribution in [0.1, 0.15) is 41.6 Å². The zero-order chi connectivity index (χ0) is 26.6. The Kier molecular flexibility index (Phi) is 11.0. The average molecular weight is 501 g/mol. The summed E-state index contributed by atoms with van der Waals surface area (Å²) in [4.78, 5) is 32.7. The molecule has 10 heteroatoms. The largest absolute Gasteiger partial charge is 0.473 e. The number of carbonyl (C=O) groups is 3. The topological polar surface area (TPSA) is 137 Å². The number of hydrogen-bond donors (Lipinski definition) is 2. The maximum Gasteiger partial charge on any atom is 0.414 e. The molecule has 2 aromatic carbocycles. The average Bonchev–Trinajstić information content (AvgIpc) is 2.89. The number of rotatable bonds is 9. The van der Waals surface area contributed by atoms with E-state index in [0.717, 1.165) is 31.6 Å². The number of carboxylic acids is 2. The number of aliphatic carboxylic acids is 2. The third-order valence-electron chi connectivity index (χ3n) is 5.89. The van der Waals surface area contributed by atoms with E-state index in [1.807, 2.05) is 24.3 Å². The van der Waals surface area contributed by atoms with Gasteiger partial charge in [-0.3, -0.25) is 4.79 Å². The van der Waals surface area contributed by atoms with Gasteiger partial charge in [-0.1, -0.05) is 18.2 Å². The molecule has 0 spiro atoms. The molecule has 1 aliphatic rings. The first-order chi connectivity index (χ1) is 17.2. The van der Waals surface area contributed by atoms with E-state index in [1.165, 1.54) is 24.3 Å². The number of carbonyl (C=O) groups excluding carboxylic acids is 1. The molecule has 0 aromatic heterocycles. The monoisotopic (exact) mass is 500 g/mol. The molecule has 1 saturated heterocycles. The minimum absolute atomic E-state index is 0.0302. The molecule has 2 aromatic rings. The Morgan fingerprint density at radius 1 is 1.06 bits per heavy atom. The smallest absolute Gasteiger partial charge is 0.414 e. The van der Waals surface area contributed by atoms with Crippen LogP contribution in [-0.2, 0) is 19.7 Å². The van der Waals surface area contributed by atoms with Gasteiger partial charge in [0.1, 0.15) is 11.6 Å². The lowest BCUT2D eigenvalue weighted by atomic mass is 9.73. The van der Waals surface area contributed by atoms with Crippen molar-refractivity contribution in [2.24, 2.45) is 0 Å². The fourth-order valence-corrected chi connectivity index (χ4v) is 3.95. The highest BCUT2D eigenvalue weighted by molar-refractivity contribution is 6.27. The second-order valence-corrected chi connectivity index (χ2v) is 8.23. The number of halogens is 1. The van der Waals surface area contributed by atoms with Crippen LogP contribution in [0.25, 0.3) is 0 Å². The van der Waals surface area contributed by atoms with Crippen molar-refractivity contribution in [1.82, 2.24) is 4.90 Å². The van der Waals surface area contributed by atoms with Gasteiger partial charge in [-0.25, -0.2) is 14.0 Å². The summed E-state index contributed by atoms with van der Waals surface area (Å²) in [5, 5.41) is 24.8. The van der Waals surface area contributed by atoms with Gasteiger partial charge in [-0.15, -0.1) is 0 Å². The van der Waals surface area contributed by atoms with Gasteiger partial charge in [0, 0.05) is 24.7 Å². The number of carboxylic acid groups (broad SMARTS) is 2. The highest BCUT2D eigenvalue weighted by Gasteiger charge is 2.38. The van der Waals surface area contributed by atoms with E-state index in [4.69, 9.17) is 29.3 Å². The fraction of sp³-hybridized carbons (Fsp3) is 0.385. The van der Waals surface area contributed by atoms with E-state index in [-0.39, 0.29) is 18.4 Å². The Labute approximate surface area is 208 Å². The standard InChI is InChI=1S/C24H27FN2O3.C2H2O4/c1-29-18-30-23-7-3-2-5-21(23)24(17-26)12-15-27(16-13-24)14-4-6-22(28)19-8-10-20(25)11-9-19;3-1(4)2(5)6/h2-3,5,7-11H,4,6,12-16,18H2,1H3;(H,3,4)(H,5,6). The summed E-state index contributed by atoms with van der Waals surface area (Å²) in [6, 6.07) is 15.9. The summed E-state index contributed by atoms with van der Waals surface area (Å²) in [6.07, 6.45) is 2.59. The van der Waals surface area contributed by atoms with Gasteiger partial charge < -0.3 is 24.6 Å². The molecule has 9 nitrogen and oxygen atoms in total. The van der Waals surface area contributed by atoms with Crippen LogP contribution in [0, 0.1) is 17.1 Å². The van der Waals surface area contributed by atoms with Crippen LogP contribution in [0.5, 0.6) is 5.75 Å². The van der Waals surface area contributed by atoms with Crippen LogP contribution >= 0.6 is 0 Å². The molecule has 3 rings (SSSR count). The summed E-state index contributed by atoms with van der Waals surface area (Å²) < 4.78 is 23.7. The molecule has 1 heterocycles. The molecule has 0 bridgehead atoms. The fourth-order valence-electron chi connectivity index (χ4n) is 3.95. The first kappa shape index (κ1) is 28.4. The molecule has 0 unspecified atom stereocenters. The van der Waals surface area contributed by atoms with Gasteiger partial charge in [0.15, 0.2) is 12.6 Å². The first-order valence-electron chi connectivity index (χ1n) is 11.3. The van der Waals surface area contributed by atoms with Gasteiger partial charge in [0.2, 0.25) is 0 Å². The van der Waals surface area contributed by atoms with Gasteiger partial charge in [-0.05, 0) is 69.2 Å². The summed E-state index contributed by atoms with van der Waals surface area (Å²) in [7, 11) is 1.57. The van der Waals surface area contributed by atoms with Crippen molar-refractivity contribution in [3.05, 3.63) is 65.5 Å². The van der Waals surface area contributed by atoms with E-state index in [2.05, 4.69) is 11.0 Å². The van der Waals surface area contributed by atoms with Crippen molar-refractivity contribution in [1.29, 1.82) is 5.26 Å². The quantitative estimate of drug-likeness (QED) is 0.301. The lowest BCUT2D eigenvalue weighted by Gasteiger charge is -2.38. The Hall–Kier alpha value is -3.81. The summed E-state index contributed by atoms with van der Waals surface area (Å²) in [6.45, 7) is 2.52. The molecular formula is C26H29FN2O7. The van der Waals surface area contributed by atoms with Gasteiger partial charge in [0.05, 0.1) is 11.5 Å². The molecule has 2 N–H and O–H groups in total. The van der Waals surface area contributed by atoms with Gasteiger partial charge in [-0.2, -0.15) is 5.26 Å². The Bertz CT molecular complexity index is 1060. The van der Waals surface area contributed by atoms with Crippen LogP contribution in [0.4, 0.5) is 4.39 Å². The number of ether oxygens (including phenoxy) is 2. The summed E-state index contributed by atoms with van der Waals surface area (Å²) in [5.74, 6) is -3.26. The van der Waals surface area contributed by atoms with Gasteiger partial charge in [0.25, 0.3) is 0 Å². The second kappa shape index (κ2) is 13.9. The van der Waals surface area contributed by atoms with Crippen LogP contribution in [0.15, 0.2) is 48.5 Å². The SMILES string of the molecule is COCOc1ccccc1C1(C#N)CCN(CCCC(=O)c2ccc(F)cc2)CC1.O=C(O)C(=O)O. The number of methoxy groups -OCH3 is 1. The molecule has 192 valence electrons. The van der Waals surface area contributed by atoms with Crippen LogP contribution < -0.4 is 4.74 Å². The number of likely N-dealkylation sites (tertiary alicyclic amines) is 1. The van der Waals surface area contributed by atoms with Crippen molar-refractivity contribution in [3.63, 3.8) is 0 Å². The zero-order valence-electron chi connectivity index (χ0n) is 20.0. The number of nitriles is 1. The highest BCUT2D eigenvalue weighted by Crippen LogP contribution is 2.40. The van der Waals surface area contributed by atoms with E-state index >= 15 is 0 Å². The molecule has 0 radical (unpaired) electrons. The number of benzene rings is 2. The lowest BCUT2D eigenvalue weighted by Crippen LogP contribution is -2.42. The van der Waals surface area contributed by atoms with Crippen molar-refractivity contribution >= 4 is 17.7 Å². The highest BCUT2D eigenvalue weighted by atomic mass is 19.1. The minimum atomic E-state index is -1.82. The number of ketones is 1. The van der Waals surface area contributed by atoms with Crippen LogP contribution in [0.2, 0.25) is 0 Å². The van der Waals surface area contributed by atoms with Crippen molar-refractivity contribution in [2.75, 3.05) is 33.5 Å². The molecular weight excluding hydrogens is 471 g/mol. The third-order valence-corrected chi connectivity index (χ3v) is 5.89. The molecule has 0 saturated carbocycles. The molecule has 1 aliphatic heterocycles. The van der Waals surface area contributed by atoms with E-state index < -0.39 is 17.4 Å². The molecule has 1 fully saturated rings. The maximum atomic E-state index is 13.0. The van der Waals surface area contributed by atoms with E-state index in [1.54, 1.807) is 7.11 Å². The predicted octanol–water partition coefficient (Wildman–Crippen LogP) is 3.48. The molecule has 0 atom stereocenters. The molecule has 36 heavy (non-hydrogen) atoms. The lowest BCUT2D eigenvalue weighted by molar-refractivity contribution is -0.159. The van der Waals surface area contributed by atoms with Crippen molar-refractivity contribution < 1.29 is 38.5 Å². The minimum Gasteiger partial charge on any atom is -0.473 e. The number of hydrogen-bond acceptors (Lipinski definition) is 7. The molecule has 0 amide bonds. The summed E-state index contributed by atoms with van der Waals surface area (Å²) in [5.41, 5.74) is 0.881. The predicted molar refractivity (Wildman–Crippen MR) is 127 cm³/mol. The normalized spacial score (nSPS) is 14.6. The Balaban J connectivity index is 0.000000678. The maximum absolute atomic E-state index is 13.0. The number of nitrogens with zero attached hydrogens (tertiary/aromatic N) is 2. The van der Waals surface area contributed by atoms with E-state index in [9.17, 15) is 14.4 Å². The number of Topliss-reactive ketones (excluding diaryl/α,β-unsaturated/α-hetero) is 1. The second-order valence-electron chi connectivity index (χ2n) is 8.23. The zero-order valence-corrected chi connectivity index (χ0v) is 20.0. The van der Waals surface area contributed by atoms with Crippen molar-refractivity contribution in [3.8, 4) is 11.8 Å². The summed E-state index contributed by atoms with van der Waals surface area (Å²) >= 11 is 0. The number of piperidine rings is 1. The third kappa shape index (κ3) is 8.15. The number of para-hydroxylation sites is 1. The Morgan fingerprint density at radius 2 is 1.67 bits per heavy atom. The Morgan fingerprint density at radius 3 is 2.22 bits per heavy atom. The van der Waals surface area contributed by atoms with Crippen molar-refractivity contribution in [2.45, 2.75) is 31.1 Å². The van der Waals surface area contributed by atoms with Crippen LogP contribution in [-0.4, -0.2) is 66.4 Å². The molecule has 0 aliphatic carbocycles. The first-order valence-corrected chi connectivity index (χ1v) is 11.3. The van der Waals surface area contributed by atoms with Crippen LogP contribution in [0.3, 0.4) is 0 Å². The van der Waals surface area contributed by atoms with E-state index in [0.29, 0.717) is 30.6 Å². The van der Waals surface area contributed by atoms with Gasteiger partial charge >= 0.3 is 11.9 Å².